The maximum atomic E-state index is 11.9. The lowest BCUT2D eigenvalue weighted by molar-refractivity contribution is -0.122. The lowest BCUT2D eigenvalue weighted by Crippen LogP contribution is -2.32. The molecule has 0 atom stereocenters. The predicted molar refractivity (Wildman–Crippen MR) is 71.4 cm³/mol. The molecule has 0 bridgehead atoms. The van der Waals surface area contributed by atoms with Crippen molar-refractivity contribution in [1.29, 1.82) is 0 Å². The van der Waals surface area contributed by atoms with Gasteiger partial charge in [0.05, 0.1) is 11.1 Å². The molecule has 0 fully saturated rings. The number of hydrogen-bond donors (Lipinski definition) is 1. The number of carbonyl (C=O) groups is 1. The number of para-hydroxylation sites is 1. The number of nitrogens with one attached hydrogen (secondary N) is 1. The highest BCUT2D eigenvalue weighted by molar-refractivity contribution is 7.98. The Morgan fingerprint density at radius 1 is 1.44 bits per heavy atom. The van der Waals surface area contributed by atoms with Crippen LogP contribution in [0, 0.1) is 5.41 Å². The van der Waals surface area contributed by atoms with Gasteiger partial charge in [-0.1, -0.05) is 12.1 Å². The first-order valence-corrected chi connectivity index (χ1v) is 6.77. The highest BCUT2D eigenvalue weighted by Gasteiger charge is 2.26. The zero-order chi connectivity index (χ0) is 12.2. The van der Waals surface area contributed by atoms with Crippen LogP contribution in [-0.4, -0.2) is 18.0 Å². The van der Waals surface area contributed by atoms with Gasteiger partial charge in [-0.05, 0) is 32.2 Å². The summed E-state index contributed by atoms with van der Waals surface area (Å²) < 4.78 is 0. The molecule has 1 aromatic carbocycles. The van der Waals surface area contributed by atoms with E-state index in [0.29, 0.717) is 5.88 Å². The molecule has 2 nitrogen and oxygen atoms in total. The van der Waals surface area contributed by atoms with Gasteiger partial charge in [0.2, 0.25) is 5.91 Å². The van der Waals surface area contributed by atoms with E-state index >= 15 is 0 Å². The second-order valence-electron chi connectivity index (χ2n) is 4.17. The lowest BCUT2D eigenvalue weighted by Gasteiger charge is -2.21. The summed E-state index contributed by atoms with van der Waals surface area (Å²) >= 11 is 7.37. The summed E-state index contributed by atoms with van der Waals surface area (Å²) in [6, 6.07) is 7.74. The minimum Gasteiger partial charge on any atom is -0.325 e. The Morgan fingerprint density at radius 3 is 2.62 bits per heavy atom. The van der Waals surface area contributed by atoms with Gasteiger partial charge < -0.3 is 5.32 Å². The van der Waals surface area contributed by atoms with E-state index in [2.05, 4.69) is 5.32 Å². The first-order chi connectivity index (χ1) is 7.51. The smallest absolute Gasteiger partial charge is 0.231 e. The number of carbonyl (C=O) groups excluding carboxylic acids is 1. The van der Waals surface area contributed by atoms with Gasteiger partial charge in [0.15, 0.2) is 0 Å². The van der Waals surface area contributed by atoms with E-state index in [1.165, 1.54) is 0 Å². The average molecular weight is 258 g/mol. The van der Waals surface area contributed by atoms with E-state index in [1.54, 1.807) is 11.8 Å². The number of halogens is 1. The molecule has 0 aliphatic heterocycles. The number of hydrogen-bond acceptors (Lipinski definition) is 2. The molecule has 0 aromatic heterocycles. The molecule has 88 valence electrons. The molecule has 0 unspecified atom stereocenters. The standard InChI is InChI=1S/C12H16ClNOS/c1-12(2,8-13)11(15)14-9-6-4-5-7-10(9)16-3/h4-7H,8H2,1-3H3,(H,14,15). The van der Waals surface area contributed by atoms with Crippen LogP contribution in [0.5, 0.6) is 0 Å². The maximum Gasteiger partial charge on any atom is 0.231 e. The van der Waals surface area contributed by atoms with E-state index in [4.69, 9.17) is 11.6 Å². The van der Waals surface area contributed by atoms with Gasteiger partial charge in [0, 0.05) is 10.8 Å². The molecule has 0 radical (unpaired) electrons. The Kier molecular flexibility index (Phi) is 4.69. The molecule has 16 heavy (non-hydrogen) atoms. The van der Waals surface area contributed by atoms with Gasteiger partial charge in [-0.2, -0.15) is 0 Å². The van der Waals surface area contributed by atoms with E-state index in [-0.39, 0.29) is 5.91 Å². The van der Waals surface area contributed by atoms with Gasteiger partial charge in [-0.3, -0.25) is 4.79 Å². The molecule has 4 heteroatoms. The summed E-state index contributed by atoms with van der Waals surface area (Å²) in [6.45, 7) is 3.66. The van der Waals surface area contributed by atoms with E-state index in [0.717, 1.165) is 10.6 Å². The molecule has 0 spiro atoms. The third-order valence-electron chi connectivity index (χ3n) is 2.30. The zero-order valence-corrected chi connectivity index (χ0v) is 11.3. The van der Waals surface area contributed by atoms with Gasteiger partial charge in [-0.25, -0.2) is 0 Å². The van der Waals surface area contributed by atoms with Crippen LogP contribution in [0.25, 0.3) is 0 Å². The number of benzene rings is 1. The summed E-state index contributed by atoms with van der Waals surface area (Å²) in [7, 11) is 0. The molecule has 1 rings (SSSR count). The van der Waals surface area contributed by atoms with Crippen LogP contribution in [0.2, 0.25) is 0 Å². The largest absolute Gasteiger partial charge is 0.325 e. The van der Waals surface area contributed by atoms with Gasteiger partial charge >= 0.3 is 0 Å². The fraction of sp³-hybridized carbons (Fsp3) is 0.417. The normalized spacial score (nSPS) is 11.2. The van der Waals surface area contributed by atoms with Crippen molar-refractivity contribution in [3.63, 3.8) is 0 Å². The Morgan fingerprint density at radius 2 is 2.06 bits per heavy atom. The van der Waals surface area contributed by atoms with Crippen molar-refractivity contribution in [2.75, 3.05) is 17.5 Å². The van der Waals surface area contributed by atoms with Crippen LogP contribution in [0.15, 0.2) is 29.2 Å². The highest BCUT2D eigenvalue weighted by atomic mass is 35.5. The predicted octanol–water partition coefficient (Wildman–Crippen LogP) is 3.61. The first kappa shape index (κ1) is 13.4. The molecule has 1 N–H and O–H groups in total. The number of anilines is 1. The first-order valence-electron chi connectivity index (χ1n) is 5.01. The van der Waals surface area contributed by atoms with E-state index in [1.807, 2.05) is 44.4 Å². The highest BCUT2D eigenvalue weighted by Crippen LogP contribution is 2.27. The van der Waals surface area contributed by atoms with E-state index < -0.39 is 5.41 Å². The lowest BCUT2D eigenvalue weighted by atomic mass is 9.95. The SMILES string of the molecule is CSc1ccccc1NC(=O)C(C)(C)CCl. The summed E-state index contributed by atoms with van der Waals surface area (Å²) in [5.74, 6) is 0.254. The van der Waals surface area contributed by atoms with Crippen molar-refractivity contribution in [1.82, 2.24) is 0 Å². The second-order valence-corrected chi connectivity index (χ2v) is 5.29. The fourth-order valence-corrected chi connectivity index (χ4v) is 1.78. The maximum absolute atomic E-state index is 11.9. The van der Waals surface area contributed by atoms with Crippen LogP contribution in [0.1, 0.15) is 13.8 Å². The topological polar surface area (TPSA) is 29.1 Å². The Labute approximate surface area is 106 Å². The molecular formula is C12H16ClNOS. The van der Waals surface area contributed by atoms with Gasteiger partial charge in [0.1, 0.15) is 0 Å². The number of thioether (sulfide) groups is 1. The molecule has 0 aliphatic carbocycles. The van der Waals surface area contributed by atoms with Crippen molar-refractivity contribution >= 4 is 35.0 Å². The van der Waals surface area contributed by atoms with Gasteiger partial charge in [-0.15, -0.1) is 23.4 Å². The zero-order valence-electron chi connectivity index (χ0n) is 9.71. The second kappa shape index (κ2) is 5.60. The molecule has 1 aromatic rings. The van der Waals surface area contributed by atoms with Crippen molar-refractivity contribution in [2.45, 2.75) is 18.7 Å². The average Bonchev–Trinajstić information content (AvgIpc) is 2.29. The van der Waals surface area contributed by atoms with Crippen LogP contribution >= 0.6 is 23.4 Å². The molecule has 0 saturated heterocycles. The molecule has 1 amide bonds. The molecule has 0 saturated carbocycles. The fourth-order valence-electron chi connectivity index (χ4n) is 1.10. The summed E-state index contributed by atoms with van der Waals surface area (Å²) in [5.41, 5.74) is 0.297. The molecule has 0 heterocycles. The van der Waals surface area contributed by atoms with Crippen molar-refractivity contribution in [3.8, 4) is 0 Å². The summed E-state index contributed by atoms with van der Waals surface area (Å²) in [5, 5.41) is 2.91. The summed E-state index contributed by atoms with van der Waals surface area (Å²) in [6.07, 6.45) is 1.98. The van der Waals surface area contributed by atoms with E-state index in [9.17, 15) is 4.79 Å². The minimum atomic E-state index is -0.549. The van der Waals surface area contributed by atoms with Crippen molar-refractivity contribution in [3.05, 3.63) is 24.3 Å². The molecule has 0 aliphatic rings. The number of rotatable bonds is 4. The molecular weight excluding hydrogens is 242 g/mol. The monoisotopic (exact) mass is 257 g/mol. The van der Waals surface area contributed by atoms with Crippen LogP contribution in [0.3, 0.4) is 0 Å². The van der Waals surface area contributed by atoms with Crippen molar-refractivity contribution < 1.29 is 4.79 Å². The third-order valence-corrected chi connectivity index (χ3v) is 3.77. The Bertz CT molecular complexity index is 379. The number of alkyl halides is 1. The number of amides is 1. The minimum absolute atomic E-state index is 0.0519. The van der Waals surface area contributed by atoms with Gasteiger partial charge in [0.25, 0.3) is 0 Å². The summed E-state index contributed by atoms with van der Waals surface area (Å²) in [4.78, 5) is 13.0. The Hall–Kier alpha value is -0.670. The quantitative estimate of drug-likeness (QED) is 0.660. The van der Waals surface area contributed by atoms with Crippen molar-refractivity contribution in [2.24, 2.45) is 5.41 Å². The third kappa shape index (κ3) is 3.16. The van der Waals surface area contributed by atoms with Crippen LogP contribution in [0.4, 0.5) is 5.69 Å². The van der Waals surface area contributed by atoms with Crippen LogP contribution in [-0.2, 0) is 4.79 Å². The Balaban J connectivity index is 2.85. The van der Waals surface area contributed by atoms with Crippen LogP contribution < -0.4 is 5.32 Å².